The van der Waals surface area contributed by atoms with Crippen molar-refractivity contribution in [1.29, 1.82) is 0 Å². The van der Waals surface area contributed by atoms with Crippen LogP contribution < -0.4 is 5.32 Å². The average Bonchev–Trinajstić information content (AvgIpc) is 3.08. The van der Waals surface area contributed by atoms with Gasteiger partial charge in [-0.15, -0.1) is 5.10 Å². The van der Waals surface area contributed by atoms with Gasteiger partial charge in [-0.1, -0.05) is 0 Å². The third-order valence-corrected chi connectivity index (χ3v) is 3.69. The Bertz CT molecular complexity index is 708. The summed E-state index contributed by atoms with van der Waals surface area (Å²) in [5, 5.41) is 15.0. The molecule has 1 N–H and O–H groups in total. The number of anilines is 1. The van der Waals surface area contributed by atoms with Gasteiger partial charge in [0.15, 0.2) is 5.82 Å². The van der Waals surface area contributed by atoms with E-state index in [4.69, 9.17) is 0 Å². The average molecular weight is 300 g/mol. The van der Waals surface area contributed by atoms with Gasteiger partial charge in [-0.25, -0.2) is 0 Å². The van der Waals surface area contributed by atoms with Crippen LogP contribution in [0, 0.1) is 6.92 Å². The second kappa shape index (κ2) is 5.55. The molecule has 0 bridgehead atoms. The Balaban J connectivity index is 1.79. The summed E-state index contributed by atoms with van der Waals surface area (Å²) in [6.45, 7) is 1.84. The van der Waals surface area contributed by atoms with Gasteiger partial charge in [-0.2, -0.15) is 14.9 Å². The van der Waals surface area contributed by atoms with E-state index >= 15 is 0 Å². The number of aromatic nitrogens is 4. The minimum atomic E-state index is -0.444. The molecule has 8 heteroatoms. The fourth-order valence-electron chi connectivity index (χ4n) is 2.41. The summed E-state index contributed by atoms with van der Waals surface area (Å²) in [7, 11) is 1.64. The summed E-state index contributed by atoms with van der Waals surface area (Å²) in [5.74, 6) is 0.769. The highest BCUT2D eigenvalue weighted by atomic mass is 16.2. The van der Waals surface area contributed by atoms with Crippen molar-refractivity contribution in [3.63, 3.8) is 0 Å². The number of carbonyl (C=O) groups excluding carboxylic acids is 2. The third kappa shape index (κ3) is 2.54. The number of hydrogen-bond acceptors (Lipinski definition) is 5. The first-order chi connectivity index (χ1) is 10.6. The van der Waals surface area contributed by atoms with E-state index in [-0.39, 0.29) is 11.8 Å². The van der Waals surface area contributed by atoms with Gasteiger partial charge in [0, 0.05) is 19.5 Å². The quantitative estimate of drug-likeness (QED) is 0.892. The molecule has 0 radical (unpaired) electrons. The normalized spacial score (nSPS) is 17.8. The summed E-state index contributed by atoms with van der Waals surface area (Å²) in [6, 6.07) is 4.82. The molecule has 8 nitrogen and oxygen atoms in total. The number of aryl methyl sites for hydroxylation is 1. The Labute approximate surface area is 127 Å². The molecule has 0 unspecified atom stereocenters. The molecule has 1 saturated heterocycles. The number of hydrogen-bond donors (Lipinski definition) is 1. The molecular formula is C14H16N6O2. The largest absolute Gasteiger partial charge is 0.334 e. The predicted octanol–water partition coefficient (Wildman–Crippen LogP) is 0.530. The van der Waals surface area contributed by atoms with Crippen LogP contribution in [0.25, 0.3) is 5.82 Å². The van der Waals surface area contributed by atoms with Crippen LogP contribution in [0.1, 0.15) is 18.5 Å². The number of likely N-dealkylation sites (tertiary alicyclic amines) is 1. The molecule has 2 aromatic rings. The SMILES string of the molecule is Cc1ccc(-n2nccc2NC(=O)[C@H]2CCC(=O)N2C)nn1. The molecule has 0 aromatic carbocycles. The van der Waals surface area contributed by atoms with Gasteiger partial charge in [0.25, 0.3) is 0 Å². The Morgan fingerprint density at radius 1 is 1.32 bits per heavy atom. The van der Waals surface area contributed by atoms with Crippen LogP contribution in [0.5, 0.6) is 0 Å². The topological polar surface area (TPSA) is 93.0 Å². The van der Waals surface area contributed by atoms with Crippen molar-refractivity contribution in [3.05, 3.63) is 30.1 Å². The van der Waals surface area contributed by atoms with E-state index < -0.39 is 6.04 Å². The monoisotopic (exact) mass is 300 g/mol. The van der Waals surface area contributed by atoms with E-state index in [0.29, 0.717) is 24.5 Å². The van der Waals surface area contributed by atoms with Crippen molar-refractivity contribution >= 4 is 17.6 Å². The molecule has 1 atom stereocenters. The van der Waals surface area contributed by atoms with Gasteiger partial charge in [0.05, 0.1) is 11.9 Å². The second-order valence-electron chi connectivity index (χ2n) is 5.21. The van der Waals surface area contributed by atoms with Crippen molar-refractivity contribution in [2.24, 2.45) is 0 Å². The minimum Gasteiger partial charge on any atom is -0.334 e. The molecule has 0 aliphatic carbocycles. The fourth-order valence-corrected chi connectivity index (χ4v) is 2.41. The molecular weight excluding hydrogens is 284 g/mol. The molecule has 2 aromatic heterocycles. The lowest BCUT2D eigenvalue weighted by molar-refractivity contribution is -0.131. The Morgan fingerprint density at radius 2 is 2.14 bits per heavy atom. The maximum atomic E-state index is 12.3. The summed E-state index contributed by atoms with van der Waals surface area (Å²) in [6.07, 6.45) is 2.50. The van der Waals surface area contributed by atoms with Gasteiger partial charge in [0.2, 0.25) is 11.8 Å². The van der Waals surface area contributed by atoms with Crippen LogP contribution >= 0.6 is 0 Å². The van der Waals surface area contributed by atoms with E-state index in [0.717, 1.165) is 5.69 Å². The number of amides is 2. The lowest BCUT2D eigenvalue weighted by atomic mass is 10.2. The number of nitrogens with one attached hydrogen (secondary N) is 1. The van der Waals surface area contributed by atoms with E-state index in [1.165, 1.54) is 9.58 Å². The molecule has 3 heterocycles. The first kappa shape index (κ1) is 14.2. The van der Waals surface area contributed by atoms with Crippen LogP contribution in [-0.2, 0) is 9.59 Å². The highest BCUT2D eigenvalue weighted by Crippen LogP contribution is 2.19. The smallest absolute Gasteiger partial charge is 0.248 e. The molecule has 0 saturated carbocycles. The van der Waals surface area contributed by atoms with Crippen LogP contribution in [0.15, 0.2) is 24.4 Å². The minimum absolute atomic E-state index is 0.0157. The second-order valence-corrected chi connectivity index (χ2v) is 5.21. The lowest BCUT2D eigenvalue weighted by Crippen LogP contribution is -2.39. The van der Waals surface area contributed by atoms with Crippen LogP contribution in [0.4, 0.5) is 5.82 Å². The first-order valence-corrected chi connectivity index (χ1v) is 6.97. The van der Waals surface area contributed by atoms with Crippen LogP contribution in [0.3, 0.4) is 0 Å². The number of nitrogens with zero attached hydrogens (tertiary/aromatic N) is 5. The Hall–Kier alpha value is -2.77. The number of rotatable bonds is 3. The Kier molecular flexibility index (Phi) is 3.58. The van der Waals surface area contributed by atoms with Crippen molar-refractivity contribution in [3.8, 4) is 5.82 Å². The van der Waals surface area contributed by atoms with Crippen molar-refractivity contribution in [1.82, 2.24) is 24.9 Å². The molecule has 2 amide bonds. The highest BCUT2D eigenvalue weighted by molar-refractivity contribution is 5.98. The van der Waals surface area contributed by atoms with Gasteiger partial charge in [-0.05, 0) is 25.5 Å². The molecule has 1 aliphatic rings. The standard InChI is InChI=1S/C14H16N6O2/c1-9-3-5-12(18-17-9)20-11(7-8-15-20)16-14(22)10-4-6-13(21)19(10)2/h3,5,7-8,10H,4,6H2,1-2H3,(H,16,22)/t10-/m1/s1. The Morgan fingerprint density at radius 3 is 2.77 bits per heavy atom. The van der Waals surface area contributed by atoms with Crippen molar-refractivity contribution in [2.45, 2.75) is 25.8 Å². The lowest BCUT2D eigenvalue weighted by Gasteiger charge is -2.19. The third-order valence-electron chi connectivity index (χ3n) is 3.69. The van der Waals surface area contributed by atoms with Gasteiger partial charge in [-0.3, -0.25) is 9.59 Å². The van der Waals surface area contributed by atoms with E-state index in [1.807, 2.05) is 13.0 Å². The maximum Gasteiger partial charge on any atom is 0.248 e. The van der Waals surface area contributed by atoms with Crippen LogP contribution in [0.2, 0.25) is 0 Å². The summed E-state index contributed by atoms with van der Waals surface area (Å²) in [4.78, 5) is 25.3. The van der Waals surface area contributed by atoms with E-state index in [1.54, 1.807) is 25.4 Å². The number of likely N-dealkylation sites (N-methyl/N-ethyl adjacent to an activating group) is 1. The molecule has 1 fully saturated rings. The molecule has 114 valence electrons. The van der Waals surface area contributed by atoms with Gasteiger partial charge >= 0.3 is 0 Å². The zero-order valence-corrected chi connectivity index (χ0v) is 12.4. The first-order valence-electron chi connectivity index (χ1n) is 6.97. The fraction of sp³-hybridized carbons (Fsp3) is 0.357. The summed E-state index contributed by atoms with van der Waals surface area (Å²) < 4.78 is 1.50. The highest BCUT2D eigenvalue weighted by Gasteiger charge is 2.33. The summed E-state index contributed by atoms with van der Waals surface area (Å²) >= 11 is 0. The maximum absolute atomic E-state index is 12.3. The van der Waals surface area contributed by atoms with Crippen molar-refractivity contribution < 1.29 is 9.59 Å². The molecule has 3 rings (SSSR count). The van der Waals surface area contributed by atoms with Crippen molar-refractivity contribution in [2.75, 3.05) is 12.4 Å². The zero-order valence-electron chi connectivity index (χ0n) is 12.4. The van der Waals surface area contributed by atoms with E-state index in [2.05, 4.69) is 20.6 Å². The summed E-state index contributed by atoms with van der Waals surface area (Å²) in [5.41, 5.74) is 0.799. The van der Waals surface area contributed by atoms with E-state index in [9.17, 15) is 9.59 Å². The van der Waals surface area contributed by atoms with Gasteiger partial charge in [0.1, 0.15) is 11.9 Å². The van der Waals surface area contributed by atoms with Crippen LogP contribution in [-0.4, -0.2) is 49.8 Å². The molecule has 22 heavy (non-hydrogen) atoms. The predicted molar refractivity (Wildman–Crippen MR) is 78.3 cm³/mol. The number of carbonyl (C=O) groups is 2. The molecule has 1 aliphatic heterocycles. The molecule has 0 spiro atoms. The van der Waals surface area contributed by atoms with Gasteiger partial charge < -0.3 is 10.2 Å². The zero-order chi connectivity index (χ0) is 15.7.